The third kappa shape index (κ3) is 4.46. The van der Waals surface area contributed by atoms with Crippen LogP contribution in [0.25, 0.3) is 10.8 Å². The Hall–Kier alpha value is -2.19. The molecule has 0 saturated carbocycles. The van der Waals surface area contributed by atoms with Crippen molar-refractivity contribution in [3.63, 3.8) is 0 Å². The van der Waals surface area contributed by atoms with Crippen LogP contribution in [0, 0.1) is 11.6 Å². The van der Waals surface area contributed by atoms with Crippen molar-refractivity contribution in [1.82, 2.24) is 4.98 Å². The van der Waals surface area contributed by atoms with Gasteiger partial charge in [-0.25, -0.2) is 13.8 Å². The number of hydrogen-bond acceptors (Lipinski definition) is 5. The Kier molecular flexibility index (Phi) is 5.50. The van der Waals surface area contributed by atoms with Crippen molar-refractivity contribution in [3.05, 3.63) is 59.3 Å². The minimum Gasteiger partial charge on any atom is -0.462 e. The first-order chi connectivity index (χ1) is 12.0. The van der Waals surface area contributed by atoms with Gasteiger partial charge in [-0.2, -0.15) is 0 Å². The number of thioether (sulfide) groups is 1. The summed E-state index contributed by atoms with van der Waals surface area (Å²) in [5.74, 6) is -0.588. The molecule has 1 atom stereocenters. The van der Waals surface area contributed by atoms with E-state index in [1.807, 2.05) is 11.4 Å². The molecule has 2 aromatic heterocycles. The molecule has 0 radical (unpaired) electrons. The molecule has 1 unspecified atom stereocenters. The summed E-state index contributed by atoms with van der Waals surface area (Å²) in [7, 11) is 0. The monoisotopic (exact) mass is 380 g/mol. The van der Waals surface area contributed by atoms with Gasteiger partial charge >= 0.3 is 0 Å². The molecule has 3 aromatic rings. The average molecular weight is 380 g/mol. The summed E-state index contributed by atoms with van der Waals surface area (Å²) in [5, 5.41) is 4.74. The zero-order chi connectivity index (χ0) is 17.8. The van der Waals surface area contributed by atoms with Gasteiger partial charge in [-0.15, -0.1) is 23.1 Å². The van der Waals surface area contributed by atoms with Crippen molar-refractivity contribution in [2.24, 2.45) is 0 Å². The van der Waals surface area contributed by atoms with Gasteiger partial charge in [0.1, 0.15) is 11.6 Å². The quantitative estimate of drug-likeness (QED) is 0.658. The molecule has 0 saturated heterocycles. The van der Waals surface area contributed by atoms with Gasteiger partial charge in [0.25, 0.3) is 0 Å². The fourth-order valence-corrected chi connectivity index (χ4v) is 3.67. The molecule has 3 rings (SSSR count). The maximum Gasteiger partial charge on any atom is 0.237 e. The molecule has 0 aliphatic heterocycles. The number of nitrogens with one attached hydrogen (secondary N) is 1. The maximum atomic E-state index is 13.6. The number of carbonyl (C=O) groups excluding carboxylic acids is 1. The predicted molar refractivity (Wildman–Crippen MR) is 95.6 cm³/mol. The van der Waals surface area contributed by atoms with Crippen LogP contribution in [0.4, 0.5) is 14.5 Å². The number of aromatic nitrogens is 1. The van der Waals surface area contributed by atoms with Crippen LogP contribution < -0.4 is 5.32 Å². The average Bonchev–Trinajstić information content (AvgIpc) is 3.26. The third-order valence-corrected chi connectivity index (χ3v) is 5.41. The zero-order valence-electron chi connectivity index (χ0n) is 13.2. The van der Waals surface area contributed by atoms with E-state index in [0.717, 1.165) is 22.8 Å². The van der Waals surface area contributed by atoms with Crippen LogP contribution in [0.1, 0.15) is 12.6 Å². The Labute approximate surface area is 151 Å². The van der Waals surface area contributed by atoms with Crippen molar-refractivity contribution in [2.75, 3.05) is 5.32 Å². The van der Waals surface area contributed by atoms with Gasteiger partial charge in [0.15, 0.2) is 10.8 Å². The second-order valence-electron chi connectivity index (χ2n) is 5.19. The van der Waals surface area contributed by atoms with E-state index in [-0.39, 0.29) is 11.6 Å². The Morgan fingerprint density at radius 2 is 2.24 bits per heavy atom. The molecule has 4 nitrogen and oxygen atoms in total. The van der Waals surface area contributed by atoms with E-state index in [0.29, 0.717) is 11.5 Å². The van der Waals surface area contributed by atoms with Gasteiger partial charge in [-0.3, -0.25) is 4.79 Å². The number of anilines is 1. The van der Waals surface area contributed by atoms with E-state index in [9.17, 15) is 13.6 Å². The second kappa shape index (κ2) is 7.79. The number of halogens is 2. The van der Waals surface area contributed by atoms with Crippen LogP contribution in [0.3, 0.4) is 0 Å². The molecule has 130 valence electrons. The van der Waals surface area contributed by atoms with Gasteiger partial charge < -0.3 is 9.73 Å². The maximum absolute atomic E-state index is 13.6. The van der Waals surface area contributed by atoms with Crippen molar-refractivity contribution in [1.29, 1.82) is 0 Å². The lowest BCUT2D eigenvalue weighted by atomic mass is 10.3. The lowest BCUT2D eigenvalue weighted by molar-refractivity contribution is -0.115. The first-order valence-electron chi connectivity index (χ1n) is 7.38. The van der Waals surface area contributed by atoms with E-state index in [4.69, 9.17) is 4.42 Å². The fourth-order valence-electron chi connectivity index (χ4n) is 2.00. The minimum absolute atomic E-state index is 0.0346. The number of carbonyl (C=O) groups is 1. The summed E-state index contributed by atoms with van der Waals surface area (Å²) in [6, 6.07) is 6.67. The second-order valence-corrected chi connectivity index (χ2v) is 7.38. The molecule has 1 aromatic carbocycles. The molecule has 1 amide bonds. The van der Waals surface area contributed by atoms with E-state index in [1.54, 1.807) is 19.3 Å². The lowest BCUT2D eigenvalue weighted by Crippen LogP contribution is -2.23. The van der Waals surface area contributed by atoms with Gasteiger partial charge in [0, 0.05) is 17.2 Å². The van der Waals surface area contributed by atoms with Crippen molar-refractivity contribution in [3.8, 4) is 10.8 Å². The lowest BCUT2D eigenvalue weighted by Gasteiger charge is -2.12. The Bertz CT molecular complexity index is 865. The SMILES string of the molecule is CC(SCc1csc(-c2ccco2)n1)C(=O)Nc1ccc(F)cc1F. The number of hydrogen-bond donors (Lipinski definition) is 1. The van der Waals surface area contributed by atoms with Gasteiger partial charge in [-0.1, -0.05) is 0 Å². The molecule has 0 fully saturated rings. The highest BCUT2D eigenvalue weighted by Gasteiger charge is 2.17. The summed E-state index contributed by atoms with van der Waals surface area (Å²) < 4.78 is 31.8. The van der Waals surface area contributed by atoms with E-state index >= 15 is 0 Å². The molecule has 0 bridgehead atoms. The zero-order valence-corrected chi connectivity index (χ0v) is 14.8. The van der Waals surface area contributed by atoms with Gasteiger partial charge in [0.2, 0.25) is 5.91 Å². The number of benzene rings is 1. The summed E-state index contributed by atoms with van der Waals surface area (Å²) in [5.41, 5.74) is 0.807. The normalized spacial score (nSPS) is 12.1. The van der Waals surface area contributed by atoms with Crippen molar-refractivity contribution in [2.45, 2.75) is 17.9 Å². The molecule has 25 heavy (non-hydrogen) atoms. The van der Waals surface area contributed by atoms with Crippen LogP contribution in [-0.2, 0) is 10.5 Å². The van der Waals surface area contributed by atoms with E-state index < -0.39 is 16.9 Å². The van der Waals surface area contributed by atoms with E-state index in [1.165, 1.54) is 29.2 Å². The first-order valence-corrected chi connectivity index (χ1v) is 9.31. The number of rotatable bonds is 6. The highest BCUT2D eigenvalue weighted by Crippen LogP contribution is 2.27. The minimum atomic E-state index is -0.798. The predicted octanol–water partition coefficient (Wildman–Crippen LogP) is 4.94. The Morgan fingerprint density at radius 3 is 2.96 bits per heavy atom. The number of thiazole rings is 1. The van der Waals surface area contributed by atoms with Crippen LogP contribution in [0.5, 0.6) is 0 Å². The topological polar surface area (TPSA) is 55.1 Å². The highest BCUT2D eigenvalue weighted by atomic mass is 32.2. The van der Waals surface area contributed by atoms with Crippen LogP contribution in [0.15, 0.2) is 46.4 Å². The van der Waals surface area contributed by atoms with Gasteiger partial charge in [-0.05, 0) is 31.2 Å². The number of furan rings is 1. The Morgan fingerprint density at radius 1 is 1.40 bits per heavy atom. The van der Waals surface area contributed by atoms with Crippen LogP contribution in [-0.4, -0.2) is 16.1 Å². The summed E-state index contributed by atoms with van der Waals surface area (Å²) in [6.45, 7) is 1.72. The number of amides is 1. The van der Waals surface area contributed by atoms with Crippen LogP contribution >= 0.6 is 23.1 Å². The van der Waals surface area contributed by atoms with Crippen molar-refractivity contribution < 1.29 is 18.0 Å². The largest absolute Gasteiger partial charge is 0.462 e. The highest BCUT2D eigenvalue weighted by molar-refractivity contribution is 7.99. The Balaban J connectivity index is 1.55. The molecule has 1 N–H and O–H groups in total. The summed E-state index contributed by atoms with van der Waals surface area (Å²) >= 11 is 2.85. The summed E-state index contributed by atoms with van der Waals surface area (Å²) in [6.07, 6.45) is 1.59. The first kappa shape index (κ1) is 17.6. The number of nitrogens with zero attached hydrogens (tertiary/aromatic N) is 1. The molecule has 2 heterocycles. The standard InChI is InChI=1S/C17H14F2N2O2S2/c1-10(16(22)21-14-5-4-11(18)7-13(14)19)24-8-12-9-25-17(20-12)15-3-2-6-23-15/h2-7,9-10H,8H2,1H3,(H,21,22). The summed E-state index contributed by atoms with van der Waals surface area (Å²) in [4.78, 5) is 16.6. The van der Waals surface area contributed by atoms with E-state index in [2.05, 4.69) is 10.3 Å². The smallest absolute Gasteiger partial charge is 0.237 e. The van der Waals surface area contributed by atoms with Crippen molar-refractivity contribution >= 4 is 34.7 Å². The van der Waals surface area contributed by atoms with Crippen LogP contribution in [0.2, 0.25) is 0 Å². The van der Waals surface area contributed by atoms with Gasteiger partial charge in [0.05, 0.1) is 22.9 Å². The fraction of sp³-hybridized carbons (Fsp3) is 0.176. The molecular formula is C17H14F2N2O2S2. The molecule has 8 heteroatoms. The molecule has 0 aliphatic carbocycles. The third-order valence-electron chi connectivity index (χ3n) is 3.32. The molecule has 0 spiro atoms. The molecular weight excluding hydrogens is 366 g/mol. The molecule has 0 aliphatic rings.